The second-order valence-corrected chi connectivity index (χ2v) is 11.0. The number of hydrogen-bond donors (Lipinski definition) is 1. The average molecular weight is 423 g/mol. The molecule has 0 bridgehead atoms. The molecule has 3 aromatic rings. The third-order valence-electron chi connectivity index (χ3n) is 6.22. The Labute approximate surface area is 174 Å². The summed E-state index contributed by atoms with van der Waals surface area (Å²) in [6, 6.07) is 4.52. The number of nitrogens with one attached hydrogen (secondary N) is 1. The van der Waals surface area contributed by atoms with Gasteiger partial charge in [0.1, 0.15) is 27.4 Å². The normalized spacial score (nSPS) is 22.9. The zero-order valence-corrected chi connectivity index (χ0v) is 17.3. The Hall–Kier alpha value is -2.77. The van der Waals surface area contributed by atoms with Crippen LogP contribution in [0.25, 0.3) is 22.3 Å². The molecule has 1 saturated heterocycles. The Morgan fingerprint density at radius 2 is 2.13 bits per heavy atom. The summed E-state index contributed by atoms with van der Waals surface area (Å²) in [5, 5.41) is 15.2. The summed E-state index contributed by atoms with van der Waals surface area (Å²) in [6.07, 6.45) is 11.5. The fraction of sp³-hybridized carbons (Fsp3) is 0.500. The molecule has 1 N–H and O–H groups in total. The first-order valence-electron chi connectivity index (χ1n) is 10.3. The Morgan fingerprint density at radius 3 is 2.87 bits per heavy atom. The highest BCUT2D eigenvalue weighted by atomic mass is 32.2. The maximum absolute atomic E-state index is 13.7. The van der Waals surface area contributed by atoms with Gasteiger partial charge in [0.05, 0.1) is 35.7 Å². The summed E-state index contributed by atoms with van der Waals surface area (Å²) >= 11 is 0. The van der Waals surface area contributed by atoms with Crippen LogP contribution in [-0.2, 0) is 15.5 Å². The van der Waals surface area contributed by atoms with Gasteiger partial charge in [-0.2, -0.15) is 10.4 Å². The second-order valence-electron chi connectivity index (χ2n) is 8.57. The van der Waals surface area contributed by atoms with Crippen LogP contribution in [0.4, 0.5) is 0 Å². The van der Waals surface area contributed by atoms with E-state index in [1.807, 2.05) is 27.4 Å². The van der Waals surface area contributed by atoms with E-state index in [0.717, 1.165) is 48.0 Å². The van der Waals surface area contributed by atoms with Gasteiger partial charge in [0.2, 0.25) is 0 Å². The predicted octanol–water partition coefficient (Wildman–Crippen LogP) is 2.45. The van der Waals surface area contributed by atoms with Crippen LogP contribution >= 0.6 is 0 Å². The van der Waals surface area contributed by atoms with Gasteiger partial charge in [0, 0.05) is 36.4 Å². The molecule has 3 fully saturated rings. The van der Waals surface area contributed by atoms with Crippen molar-refractivity contribution in [2.45, 2.75) is 48.9 Å². The standard InChI is InChI=1S/C20H22N8OS/c21-7-6-20(11-27(12-20)30(29,16-3-4-16)26-15-1-2-15)28-10-14(9-25-28)18-17-5-8-22-19(17)24-13-23-18/h5,8-10,13,15-16H,1-4,6,11-12H2,(H,22,23,24). The number of hydrogen-bond acceptors (Lipinski definition) is 6. The molecule has 4 heterocycles. The van der Waals surface area contributed by atoms with Crippen LogP contribution in [0.15, 0.2) is 35.3 Å². The molecule has 0 aromatic carbocycles. The van der Waals surface area contributed by atoms with Crippen molar-refractivity contribution in [3.8, 4) is 17.3 Å². The summed E-state index contributed by atoms with van der Waals surface area (Å²) < 4.78 is 22.3. The van der Waals surface area contributed by atoms with E-state index in [1.54, 1.807) is 6.20 Å². The van der Waals surface area contributed by atoms with Crippen LogP contribution in [0.1, 0.15) is 32.1 Å². The number of H-pyrrole nitrogens is 1. The largest absolute Gasteiger partial charge is 0.346 e. The molecule has 2 saturated carbocycles. The molecular weight excluding hydrogens is 400 g/mol. The number of rotatable bonds is 6. The molecule has 154 valence electrons. The summed E-state index contributed by atoms with van der Waals surface area (Å²) in [5.74, 6) is 0. The van der Waals surface area contributed by atoms with E-state index < -0.39 is 15.5 Å². The molecule has 1 unspecified atom stereocenters. The van der Waals surface area contributed by atoms with Crippen molar-refractivity contribution in [2.75, 3.05) is 13.1 Å². The molecule has 6 rings (SSSR count). The van der Waals surface area contributed by atoms with Gasteiger partial charge < -0.3 is 4.98 Å². The van der Waals surface area contributed by atoms with Crippen molar-refractivity contribution in [3.63, 3.8) is 0 Å². The Bertz CT molecular complexity index is 1280. The first-order chi connectivity index (χ1) is 14.6. The van der Waals surface area contributed by atoms with Gasteiger partial charge in [0.25, 0.3) is 0 Å². The fourth-order valence-electron chi connectivity index (χ4n) is 4.22. The first kappa shape index (κ1) is 18.0. The maximum Gasteiger partial charge on any atom is 0.141 e. The lowest BCUT2D eigenvalue weighted by Gasteiger charge is -2.49. The van der Waals surface area contributed by atoms with Crippen molar-refractivity contribution in [2.24, 2.45) is 4.36 Å². The number of aromatic nitrogens is 5. The van der Waals surface area contributed by atoms with Crippen molar-refractivity contribution >= 4 is 20.9 Å². The smallest absolute Gasteiger partial charge is 0.141 e. The summed E-state index contributed by atoms with van der Waals surface area (Å²) in [5.41, 5.74) is 1.98. The summed E-state index contributed by atoms with van der Waals surface area (Å²) in [4.78, 5) is 11.8. The topological polar surface area (TPSA) is 116 Å². The van der Waals surface area contributed by atoms with Gasteiger partial charge in [-0.05, 0) is 31.7 Å². The number of aromatic amines is 1. The fourth-order valence-corrected chi connectivity index (χ4v) is 7.19. The van der Waals surface area contributed by atoms with Crippen LogP contribution in [0.2, 0.25) is 0 Å². The molecule has 3 aliphatic rings. The maximum atomic E-state index is 13.7. The minimum Gasteiger partial charge on any atom is -0.346 e. The van der Waals surface area contributed by atoms with E-state index in [1.165, 1.54) is 6.33 Å². The van der Waals surface area contributed by atoms with E-state index >= 15 is 0 Å². The SMILES string of the molecule is N#CCC1(n2cc(-c3ncnc4[nH]ccc34)cn2)CN(S(=O)(=NC2CC2)C2CC2)C1. The average Bonchev–Trinajstić information content (AvgIpc) is 3.63. The Morgan fingerprint density at radius 1 is 1.30 bits per heavy atom. The highest BCUT2D eigenvalue weighted by Crippen LogP contribution is 2.43. The zero-order valence-electron chi connectivity index (χ0n) is 16.4. The molecule has 1 aliphatic heterocycles. The first-order valence-corrected chi connectivity index (χ1v) is 11.9. The molecule has 30 heavy (non-hydrogen) atoms. The van der Waals surface area contributed by atoms with Crippen molar-refractivity contribution < 1.29 is 4.21 Å². The molecule has 10 heteroatoms. The Balaban J connectivity index is 1.32. The third kappa shape index (κ3) is 2.76. The van der Waals surface area contributed by atoms with Crippen LogP contribution in [-0.4, -0.2) is 57.6 Å². The van der Waals surface area contributed by atoms with E-state index in [2.05, 4.69) is 26.1 Å². The molecule has 0 amide bonds. The van der Waals surface area contributed by atoms with Crippen LogP contribution in [0, 0.1) is 11.3 Å². The summed E-state index contributed by atoms with van der Waals surface area (Å²) in [7, 11) is -2.35. The van der Waals surface area contributed by atoms with Crippen LogP contribution < -0.4 is 0 Å². The lowest BCUT2D eigenvalue weighted by molar-refractivity contribution is 0.0746. The summed E-state index contributed by atoms with van der Waals surface area (Å²) in [6.45, 7) is 1.08. The Kier molecular flexibility index (Phi) is 3.82. The van der Waals surface area contributed by atoms with Crippen molar-refractivity contribution in [3.05, 3.63) is 31.0 Å². The molecule has 1 atom stereocenters. The molecule has 0 spiro atoms. The van der Waals surface area contributed by atoms with Gasteiger partial charge in [-0.15, -0.1) is 0 Å². The lowest BCUT2D eigenvalue weighted by atomic mass is 9.89. The van der Waals surface area contributed by atoms with Crippen molar-refractivity contribution in [1.82, 2.24) is 29.0 Å². The minimum absolute atomic E-state index is 0.189. The van der Waals surface area contributed by atoms with Gasteiger partial charge in [-0.1, -0.05) is 0 Å². The van der Waals surface area contributed by atoms with Crippen molar-refractivity contribution in [1.29, 1.82) is 5.26 Å². The number of nitriles is 1. The van der Waals surface area contributed by atoms with E-state index in [-0.39, 0.29) is 11.3 Å². The quantitative estimate of drug-likeness (QED) is 0.655. The molecule has 3 aromatic heterocycles. The lowest BCUT2D eigenvalue weighted by Crippen LogP contribution is -2.64. The van der Waals surface area contributed by atoms with Crippen LogP contribution in [0.5, 0.6) is 0 Å². The highest BCUT2D eigenvalue weighted by Gasteiger charge is 2.53. The number of fused-ring (bicyclic) bond motifs is 1. The monoisotopic (exact) mass is 422 g/mol. The van der Waals surface area contributed by atoms with E-state index in [9.17, 15) is 9.47 Å². The third-order valence-corrected chi connectivity index (χ3v) is 9.16. The van der Waals surface area contributed by atoms with Gasteiger partial charge >= 0.3 is 0 Å². The van der Waals surface area contributed by atoms with E-state index in [4.69, 9.17) is 4.36 Å². The molecule has 0 radical (unpaired) electrons. The second kappa shape index (κ2) is 6.36. The van der Waals surface area contributed by atoms with Gasteiger partial charge in [-0.3, -0.25) is 4.68 Å². The van der Waals surface area contributed by atoms with E-state index in [0.29, 0.717) is 19.5 Å². The molecular formula is C20H22N8OS. The molecule has 9 nitrogen and oxygen atoms in total. The van der Waals surface area contributed by atoms with Gasteiger partial charge in [0.15, 0.2) is 0 Å². The highest BCUT2D eigenvalue weighted by molar-refractivity contribution is 7.92. The predicted molar refractivity (Wildman–Crippen MR) is 112 cm³/mol. The van der Waals surface area contributed by atoms with Crippen LogP contribution in [0.3, 0.4) is 0 Å². The van der Waals surface area contributed by atoms with Gasteiger partial charge in [-0.25, -0.2) is 22.8 Å². The minimum atomic E-state index is -2.35. The zero-order chi connectivity index (χ0) is 20.3. The molecule has 2 aliphatic carbocycles. The number of nitrogens with zero attached hydrogens (tertiary/aromatic N) is 7.